The molecule has 0 bridgehead atoms. The molecule has 2 aromatic heterocycles. The Balaban J connectivity index is 1.56. The summed E-state index contributed by atoms with van der Waals surface area (Å²) in [7, 11) is 1.56. The van der Waals surface area contributed by atoms with E-state index in [4.69, 9.17) is 0 Å². The van der Waals surface area contributed by atoms with Gasteiger partial charge in [-0.05, 0) is 24.8 Å². The zero-order valence-electron chi connectivity index (χ0n) is 16.8. The van der Waals surface area contributed by atoms with Crippen molar-refractivity contribution in [1.82, 2.24) is 29.5 Å². The Hall–Kier alpha value is -2.48. The van der Waals surface area contributed by atoms with E-state index in [1.807, 2.05) is 4.90 Å². The highest BCUT2D eigenvalue weighted by Gasteiger charge is 2.47. The highest BCUT2D eigenvalue weighted by Crippen LogP contribution is 2.42. The van der Waals surface area contributed by atoms with E-state index < -0.39 is 0 Å². The van der Waals surface area contributed by atoms with Crippen LogP contribution in [0, 0.1) is 5.92 Å². The minimum Gasteiger partial charge on any atom is -0.348 e. The van der Waals surface area contributed by atoms with Crippen LogP contribution in [0.3, 0.4) is 0 Å². The van der Waals surface area contributed by atoms with Crippen molar-refractivity contribution in [3.63, 3.8) is 0 Å². The smallest absolute Gasteiger partial charge is 0.274 e. The molecular weight excluding hydrogens is 356 g/mol. The van der Waals surface area contributed by atoms with Crippen LogP contribution < -0.4 is 5.56 Å². The fourth-order valence-electron chi connectivity index (χ4n) is 4.64. The molecule has 2 aliphatic rings. The number of aryl methyl sites for hydroxylation is 1. The first kappa shape index (κ1) is 18.9. The van der Waals surface area contributed by atoms with Crippen molar-refractivity contribution in [3.8, 4) is 0 Å². The summed E-state index contributed by atoms with van der Waals surface area (Å²) < 4.78 is 1.21. The van der Waals surface area contributed by atoms with Crippen molar-refractivity contribution in [2.45, 2.75) is 38.6 Å². The van der Waals surface area contributed by atoms with Gasteiger partial charge in [0, 0.05) is 51.4 Å². The fourth-order valence-corrected chi connectivity index (χ4v) is 4.64. The molecule has 0 saturated carbocycles. The van der Waals surface area contributed by atoms with Crippen LogP contribution in [-0.4, -0.2) is 61.6 Å². The number of carbonyl (C=O) groups excluding carboxylic acids is 1. The van der Waals surface area contributed by atoms with Crippen LogP contribution in [0.1, 0.15) is 48.6 Å². The second-order valence-corrected chi connectivity index (χ2v) is 8.32. The van der Waals surface area contributed by atoms with Gasteiger partial charge in [0.25, 0.3) is 11.5 Å². The quantitative estimate of drug-likeness (QED) is 0.858. The molecule has 1 saturated heterocycles. The summed E-state index contributed by atoms with van der Waals surface area (Å²) in [6.07, 6.45) is 4.51. The Morgan fingerprint density at radius 3 is 2.68 bits per heavy atom. The van der Waals surface area contributed by atoms with Gasteiger partial charge in [0.2, 0.25) is 0 Å². The van der Waals surface area contributed by atoms with E-state index in [1.165, 1.54) is 22.5 Å². The predicted octanol–water partition coefficient (Wildman–Crippen LogP) is 1.15. The van der Waals surface area contributed by atoms with Gasteiger partial charge in [-0.25, -0.2) is 9.67 Å². The molecule has 0 radical (unpaired) electrons. The van der Waals surface area contributed by atoms with Gasteiger partial charge in [-0.1, -0.05) is 13.8 Å². The van der Waals surface area contributed by atoms with Gasteiger partial charge in [-0.15, -0.1) is 0 Å². The third-order valence-corrected chi connectivity index (χ3v) is 6.04. The molecule has 0 atom stereocenters. The highest BCUT2D eigenvalue weighted by molar-refractivity contribution is 5.92. The van der Waals surface area contributed by atoms with Crippen molar-refractivity contribution >= 4 is 5.91 Å². The first-order valence-corrected chi connectivity index (χ1v) is 10.0. The van der Waals surface area contributed by atoms with Crippen LogP contribution in [0.25, 0.3) is 0 Å². The third-order valence-electron chi connectivity index (χ3n) is 6.04. The largest absolute Gasteiger partial charge is 0.348 e. The van der Waals surface area contributed by atoms with Crippen LogP contribution >= 0.6 is 0 Å². The SMILES string of the molecule is CC(C)CN1CCc2[nH]cnc2C12CCN(C(=O)c1ccc(=O)n(C)n1)CC2. The van der Waals surface area contributed by atoms with Gasteiger partial charge >= 0.3 is 0 Å². The number of piperidine rings is 1. The van der Waals surface area contributed by atoms with Crippen LogP contribution in [0.4, 0.5) is 0 Å². The average molecular weight is 384 g/mol. The van der Waals surface area contributed by atoms with Crippen molar-refractivity contribution in [2.75, 3.05) is 26.2 Å². The molecule has 0 aromatic carbocycles. The average Bonchev–Trinajstić information content (AvgIpc) is 3.16. The Labute approximate surface area is 164 Å². The monoisotopic (exact) mass is 384 g/mol. The Morgan fingerprint density at radius 2 is 2.00 bits per heavy atom. The number of hydrogen-bond acceptors (Lipinski definition) is 5. The summed E-state index contributed by atoms with van der Waals surface area (Å²) >= 11 is 0. The second-order valence-electron chi connectivity index (χ2n) is 8.32. The highest BCUT2D eigenvalue weighted by atomic mass is 16.2. The van der Waals surface area contributed by atoms with Crippen molar-refractivity contribution in [3.05, 3.63) is 45.9 Å². The molecule has 28 heavy (non-hydrogen) atoms. The predicted molar refractivity (Wildman–Crippen MR) is 105 cm³/mol. The van der Waals surface area contributed by atoms with E-state index in [0.29, 0.717) is 24.7 Å². The van der Waals surface area contributed by atoms with Crippen LogP contribution in [0.15, 0.2) is 23.3 Å². The Kier molecular flexibility index (Phi) is 4.82. The summed E-state index contributed by atoms with van der Waals surface area (Å²) in [5, 5.41) is 4.12. The first-order chi connectivity index (χ1) is 13.4. The lowest BCUT2D eigenvalue weighted by Crippen LogP contribution is -2.58. The summed E-state index contributed by atoms with van der Waals surface area (Å²) in [5.74, 6) is 0.464. The lowest BCUT2D eigenvalue weighted by atomic mass is 9.78. The molecule has 4 heterocycles. The zero-order chi connectivity index (χ0) is 19.9. The molecule has 0 unspecified atom stereocenters. The summed E-state index contributed by atoms with van der Waals surface area (Å²) in [6.45, 7) is 7.86. The maximum Gasteiger partial charge on any atom is 0.274 e. The number of carbonyl (C=O) groups is 1. The summed E-state index contributed by atoms with van der Waals surface area (Å²) in [6, 6.07) is 2.92. The molecule has 150 valence electrons. The van der Waals surface area contributed by atoms with Crippen LogP contribution in [-0.2, 0) is 19.0 Å². The van der Waals surface area contributed by atoms with Gasteiger partial charge in [0.05, 0.1) is 17.6 Å². The Morgan fingerprint density at radius 1 is 1.25 bits per heavy atom. The number of rotatable bonds is 3. The van der Waals surface area contributed by atoms with E-state index in [1.54, 1.807) is 13.4 Å². The second kappa shape index (κ2) is 7.16. The van der Waals surface area contributed by atoms with Gasteiger partial charge in [-0.2, -0.15) is 5.10 Å². The number of aromatic nitrogens is 4. The molecule has 1 N–H and O–H groups in total. The zero-order valence-corrected chi connectivity index (χ0v) is 16.8. The van der Waals surface area contributed by atoms with E-state index >= 15 is 0 Å². The molecule has 8 nitrogen and oxygen atoms in total. The number of nitrogens with zero attached hydrogens (tertiary/aromatic N) is 5. The lowest BCUT2D eigenvalue weighted by molar-refractivity contribution is 0.000396. The molecule has 1 amide bonds. The van der Waals surface area contributed by atoms with Gasteiger partial charge < -0.3 is 9.88 Å². The first-order valence-electron chi connectivity index (χ1n) is 10.0. The summed E-state index contributed by atoms with van der Waals surface area (Å²) in [5.41, 5.74) is 2.39. The third kappa shape index (κ3) is 3.15. The van der Waals surface area contributed by atoms with Crippen LogP contribution in [0.5, 0.6) is 0 Å². The normalized spacial score (nSPS) is 19.2. The molecule has 1 fully saturated rings. The topological polar surface area (TPSA) is 87.1 Å². The number of nitrogens with one attached hydrogen (secondary N) is 1. The maximum atomic E-state index is 12.9. The Bertz CT molecular complexity index is 923. The molecule has 4 rings (SSSR count). The van der Waals surface area contributed by atoms with Gasteiger partial charge in [0.15, 0.2) is 0 Å². The minimum atomic E-state index is -0.216. The number of likely N-dealkylation sites (tertiary alicyclic amines) is 1. The van der Waals surface area contributed by atoms with E-state index in [2.05, 4.69) is 33.8 Å². The minimum absolute atomic E-state index is 0.106. The van der Waals surface area contributed by atoms with Crippen LogP contribution in [0.2, 0.25) is 0 Å². The maximum absolute atomic E-state index is 12.9. The molecule has 2 aromatic rings. The number of hydrogen-bond donors (Lipinski definition) is 1. The molecule has 0 aliphatic carbocycles. The number of amides is 1. The molecule has 1 spiro atoms. The standard InChI is InChI=1S/C20H28N6O2/c1-14(2)12-26-9-6-15-18(22-13-21-15)20(26)7-10-25(11-8-20)19(28)16-4-5-17(27)24(3)23-16/h4-5,13-14H,6-12H2,1-3H3,(H,21,22). The molecule has 2 aliphatic heterocycles. The number of H-pyrrole nitrogens is 1. The van der Waals surface area contributed by atoms with Gasteiger partial charge in [0.1, 0.15) is 5.69 Å². The van der Waals surface area contributed by atoms with Gasteiger partial charge in [-0.3, -0.25) is 14.5 Å². The number of imidazole rings is 1. The van der Waals surface area contributed by atoms with Crippen molar-refractivity contribution in [1.29, 1.82) is 0 Å². The van der Waals surface area contributed by atoms with E-state index in [0.717, 1.165) is 38.0 Å². The molecular formula is C20H28N6O2. The lowest BCUT2D eigenvalue weighted by Gasteiger charge is -2.51. The molecule has 8 heteroatoms. The number of aromatic amines is 1. The number of fused-ring (bicyclic) bond motifs is 2. The van der Waals surface area contributed by atoms with Crippen molar-refractivity contribution in [2.24, 2.45) is 13.0 Å². The van der Waals surface area contributed by atoms with E-state index in [-0.39, 0.29) is 17.0 Å². The fraction of sp³-hybridized carbons (Fsp3) is 0.600. The van der Waals surface area contributed by atoms with Crippen molar-refractivity contribution < 1.29 is 4.79 Å². The summed E-state index contributed by atoms with van der Waals surface area (Å²) in [4.78, 5) is 36.9. The van der Waals surface area contributed by atoms with E-state index in [9.17, 15) is 9.59 Å².